The highest BCUT2D eigenvalue weighted by molar-refractivity contribution is 14.1. The van der Waals surface area contributed by atoms with Gasteiger partial charge in [0, 0.05) is 47.8 Å². The molecule has 0 radical (unpaired) electrons. The number of allylic oxidation sites excluding steroid dienone is 4. The third kappa shape index (κ3) is 4.60. The second-order valence-corrected chi connectivity index (χ2v) is 11.1. The van der Waals surface area contributed by atoms with E-state index in [1.54, 1.807) is 7.11 Å². The van der Waals surface area contributed by atoms with Crippen LogP contribution in [0.5, 0.6) is 11.5 Å². The molecule has 0 spiro atoms. The van der Waals surface area contributed by atoms with Crippen LogP contribution in [-0.2, 0) is 16.1 Å². The molecule has 1 aliphatic heterocycles. The first-order chi connectivity index (χ1) is 17.4. The Morgan fingerprint density at radius 2 is 1.56 bits per heavy atom. The molecule has 0 aromatic heterocycles. The van der Waals surface area contributed by atoms with Crippen LogP contribution in [0.1, 0.15) is 69.4 Å². The second-order valence-electron chi connectivity index (χ2n) is 9.98. The van der Waals surface area contributed by atoms with Gasteiger partial charge in [-0.3, -0.25) is 9.59 Å². The van der Waals surface area contributed by atoms with E-state index in [0.717, 1.165) is 57.4 Å². The highest BCUT2D eigenvalue weighted by Gasteiger charge is 2.43. The van der Waals surface area contributed by atoms with Gasteiger partial charge in [-0.15, -0.1) is 0 Å². The number of halogens is 1. The fourth-order valence-corrected chi connectivity index (χ4v) is 6.52. The standard InChI is InChI=1S/C30H32INO4/c1-18(2)36-30-21(31)15-20(16-26(30)35-3)27-28-22(11-7-13-24(28)33)32(17-19-9-5-4-6-10-19)23-12-8-14-25(34)29(23)27/h4-6,9-10,15-16,18,27H,7-8,11-14,17H2,1-3H3. The first-order valence-electron chi connectivity index (χ1n) is 12.8. The summed E-state index contributed by atoms with van der Waals surface area (Å²) in [5, 5.41) is 0. The molecule has 0 unspecified atom stereocenters. The summed E-state index contributed by atoms with van der Waals surface area (Å²) in [5.41, 5.74) is 5.87. The van der Waals surface area contributed by atoms with E-state index in [2.05, 4.69) is 45.7 Å². The summed E-state index contributed by atoms with van der Waals surface area (Å²) in [7, 11) is 1.64. The Balaban J connectivity index is 1.70. The van der Waals surface area contributed by atoms with Gasteiger partial charge in [0.05, 0.1) is 16.8 Å². The molecule has 5 rings (SSSR count). The molecule has 0 amide bonds. The molecular formula is C30H32INO4. The maximum absolute atomic E-state index is 13.6. The zero-order valence-electron chi connectivity index (χ0n) is 21.1. The number of ether oxygens (including phenoxy) is 2. The van der Waals surface area contributed by atoms with Gasteiger partial charge in [0.2, 0.25) is 0 Å². The predicted octanol–water partition coefficient (Wildman–Crippen LogP) is 6.70. The fourth-order valence-electron chi connectivity index (χ4n) is 5.76. The van der Waals surface area contributed by atoms with Gasteiger partial charge in [-0.05, 0) is 85.4 Å². The lowest BCUT2D eigenvalue weighted by molar-refractivity contribution is -0.117. The van der Waals surface area contributed by atoms with Crippen LogP contribution < -0.4 is 9.47 Å². The summed E-state index contributed by atoms with van der Waals surface area (Å²) in [4.78, 5) is 29.4. The first kappa shape index (κ1) is 25.1. The maximum atomic E-state index is 13.6. The lowest BCUT2D eigenvalue weighted by Gasteiger charge is -2.44. The average molecular weight is 597 g/mol. The zero-order valence-corrected chi connectivity index (χ0v) is 23.3. The second kappa shape index (κ2) is 10.4. The molecule has 2 aromatic rings. The predicted molar refractivity (Wildman–Crippen MR) is 148 cm³/mol. The minimum absolute atomic E-state index is 0.00274. The normalized spacial score (nSPS) is 18.5. The van der Waals surface area contributed by atoms with Gasteiger partial charge < -0.3 is 14.4 Å². The Hall–Kier alpha value is -2.61. The Kier molecular flexibility index (Phi) is 7.24. The van der Waals surface area contributed by atoms with E-state index in [1.807, 2.05) is 38.1 Å². The molecule has 0 bridgehead atoms. The number of Topliss-reactive ketones (excluding diaryl/α,β-unsaturated/α-hetero) is 2. The van der Waals surface area contributed by atoms with E-state index >= 15 is 0 Å². The summed E-state index contributed by atoms with van der Waals surface area (Å²) < 4.78 is 12.7. The van der Waals surface area contributed by atoms with Crippen molar-refractivity contribution < 1.29 is 19.1 Å². The van der Waals surface area contributed by atoms with Gasteiger partial charge >= 0.3 is 0 Å². The van der Waals surface area contributed by atoms with Crippen LogP contribution in [0.2, 0.25) is 0 Å². The highest BCUT2D eigenvalue weighted by Crippen LogP contribution is 2.51. The van der Waals surface area contributed by atoms with Crippen molar-refractivity contribution in [2.24, 2.45) is 0 Å². The molecule has 188 valence electrons. The molecule has 0 atom stereocenters. The number of rotatable bonds is 6. The number of methoxy groups -OCH3 is 1. The Morgan fingerprint density at radius 3 is 2.11 bits per heavy atom. The topological polar surface area (TPSA) is 55.8 Å². The summed E-state index contributed by atoms with van der Waals surface area (Å²) in [5.74, 6) is 1.28. The lowest BCUT2D eigenvalue weighted by atomic mass is 9.71. The molecule has 36 heavy (non-hydrogen) atoms. The number of benzene rings is 2. The molecule has 2 aliphatic carbocycles. The van der Waals surface area contributed by atoms with Gasteiger partial charge in [-0.25, -0.2) is 0 Å². The maximum Gasteiger partial charge on any atom is 0.174 e. The van der Waals surface area contributed by atoms with Crippen LogP contribution in [0.3, 0.4) is 0 Å². The molecule has 2 aromatic carbocycles. The largest absolute Gasteiger partial charge is 0.493 e. The van der Waals surface area contributed by atoms with E-state index in [-0.39, 0.29) is 23.6 Å². The molecule has 5 nitrogen and oxygen atoms in total. The Labute approximate surface area is 226 Å². The van der Waals surface area contributed by atoms with Gasteiger partial charge in [0.15, 0.2) is 23.1 Å². The number of nitrogens with zero attached hydrogens (tertiary/aromatic N) is 1. The van der Waals surface area contributed by atoms with Crippen molar-refractivity contribution in [3.8, 4) is 11.5 Å². The smallest absolute Gasteiger partial charge is 0.174 e. The molecule has 1 heterocycles. The summed E-state index contributed by atoms with van der Waals surface area (Å²) in [6.45, 7) is 4.65. The van der Waals surface area contributed by atoms with Crippen molar-refractivity contribution in [2.45, 2.75) is 70.9 Å². The van der Waals surface area contributed by atoms with E-state index in [0.29, 0.717) is 30.9 Å². The molecule has 3 aliphatic rings. The fraction of sp³-hybridized carbons (Fsp3) is 0.400. The number of ketones is 2. The number of carbonyl (C=O) groups excluding carboxylic acids is 2. The van der Waals surface area contributed by atoms with Gasteiger partial charge in [-0.1, -0.05) is 30.3 Å². The number of carbonyl (C=O) groups is 2. The van der Waals surface area contributed by atoms with E-state index in [9.17, 15) is 9.59 Å². The average Bonchev–Trinajstić information content (AvgIpc) is 2.86. The van der Waals surface area contributed by atoms with Crippen LogP contribution in [0.15, 0.2) is 65.0 Å². The van der Waals surface area contributed by atoms with Crippen molar-refractivity contribution >= 4 is 34.2 Å². The monoisotopic (exact) mass is 597 g/mol. The molecule has 0 N–H and O–H groups in total. The minimum atomic E-state index is -0.363. The quantitative estimate of drug-likeness (QED) is 0.347. The molecule has 0 saturated heterocycles. The van der Waals surface area contributed by atoms with Crippen molar-refractivity contribution in [1.29, 1.82) is 0 Å². The third-order valence-electron chi connectivity index (χ3n) is 7.21. The SMILES string of the molecule is COc1cc(C2C3=C(CCCC3=O)N(Cc3ccccc3)C3=C2C(=O)CCC3)cc(I)c1OC(C)C. The van der Waals surface area contributed by atoms with Crippen molar-refractivity contribution in [2.75, 3.05) is 7.11 Å². The van der Waals surface area contributed by atoms with Crippen molar-refractivity contribution in [3.63, 3.8) is 0 Å². The minimum Gasteiger partial charge on any atom is -0.493 e. The Morgan fingerprint density at radius 1 is 0.944 bits per heavy atom. The van der Waals surface area contributed by atoms with E-state index in [1.165, 1.54) is 5.56 Å². The van der Waals surface area contributed by atoms with Crippen LogP contribution in [0, 0.1) is 3.57 Å². The highest BCUT2D eigenvalue weighted by atomic mass is 127. The zero-order chi connectivity index (χ0) is 25.4. The van der Waals surface area contributed by atoms with Crippen molar-refractivity contribution in [1.82, 2.24) is 4.90 Å². The van der Waals surface area contributed by atoms with Gasteiger partial charge in [0.1, 0.15) is 0 Å². The Bertz CT molecular complexity index is 1220. The van der Waals surface area contributed by atoms with Crippen LogP contribution in [-0.4, -0.2) is 29.7 Å². The van der Waals surface area contributed by atoms with Crippen molar-refractivity contribution in [3.05, 3.63) is 79.7 Å². The molecular weight excluding hydrogens is 565 g/mol. The number of hydrogen-bond acceptors (Lipinski definition) is 5. The lowest BCUT2D eigenvalue weighted by Crippen LogP contribution is -2.38. The van der Waals surface area contributed by atoms with Gasteiger partial charge in [-0.2, -0.15) is 0 Å². The third-order valence-corrected chi connectivity index (χ3v) is 8.01. The molecule has 6 heteroatoms. The van der Waals surface area contributed by atoms with Crippen LogP contribution in [0.4, 0.5) is 0 Å². The number of hydrogen-bond donors (Lipinski definition) is 0. The first-order valence-corrected chi connectivity index (χ1v) is 13.8. The van der Waals surface area contributed by atoms with E-state index in [4.69, 9.17) is 9.47 Å². The summed E-state index contributed by atoms with van der Waals surface area (Å²) in [6, 6.07) is 14.4. The van der Waals surface area contributed by atoms with Gasteiger partial charge in [0.25, 0.3) is 0 Å². The van der Waals surface area contributed by atoms with Crippen LogP contribution >= 0.6 is 22.6 Å². The molecule has 0 fully saturated rings. The summed E-state index contributed by atoms with van der Waals surface area (Å²) in [6.07, 6.45) is 4.42. The van der Waals surface area contributed by atoms with Crippen LogP contribution in [0.25, 0.3) is 0 Å². The summed E-state index contributed by atoms with van der Waals surface area (Å²) >= 11 is 2.27. The molecule has 0 saturated carbocycles. The van der Waals surface area contributed by atoms with E-state index < -0.39 is 0 Å².